The van der Waals surface area contributed by atoms with Gasteiger partial charge >= 0.3 is 6.09 Å². The molecule has 4 nitrogen and oxygen atoms in total. The van der Waals surface area contributed by atoms with Crippen molar-refractivity contribution in [3.63, 3.8) is 0 Å². The highest BCUT2D eigenvalue weighted by Crippen LogP contribution is 2.20. The molecule has 1 aromatic carbocycles. The van der Waals surface area contributed by atoms with Gasteiger partial charge in [0.1, 0.15) is 5.75 Å². The molecule has 1 rings (SSSR count). The van der Waals surface area contributed by atoms with E-state index in [2.05, 4.69) is 0 Å². The summed E-state index contributed by atoms with van der Waals surface area (Å²) in [5, 5.41) is 8.80. The fourth-order valence-corrected chi connectivity index (χ4v) is 1.33. The Morgan fingerprint density at radius 3 is 2.62 bits per heavy atom. The van der Waals surface area contributed by atoms with E-state index < -0.39 is 6.09 Å². The SMILES string of the molecule is CC(C)Oc1ccccc1CN(C)C(=O)O. The van der Waals surface area contributed by atoms with E-state index in [0.29, 0.717) is 6.54 Å². The van der Waals surface area contributed by atoms with E-state index in [1.165, 1.54) is 11.9 Å². The van der Waals surface area contributed by atoms with Crippen LogP contribution in [-0.4, -0.2) is 29.3 Å². The number of carbonyl (C=O) groups is 1. The van der Waals surface area contributed by atoms with Gasteiger partial charge in [-0.2, -0.15) is 0 Å². The number of hydrogen-bond acceptors (Lipinski definition) is 2. The average Bonchev–Trinajstić information content (AvgIpc) is 2.20. The Morgan fingerprint density at radius 1 is 1.44 bits per heavy atom. The van der Waals surface area contributed by atoms with Crippen molar-refractivity contribution in [1.82, 2.24) is 4.90 Å². The maximum atomic E-state index is 10.7. The van der Waals surface area contributed by atoms with Gasteiger partial charge in [-0.15, -0.1) is 0 Å². The molecular weight excluding hydrogens is 206 g/mol. The van der Waals surface area contributed by atoms with Crippen molar-refractivity contribution in [3.05, 3.63) is 29.8 Å². The summed E-state index contributed by atoms with van der Waals surface area (Å²) < 4.78 is 5.61. The average molecular weight is 223 g/mol. The summed E-state index contributed by atoms with van der Waals surface area (Å²) in [6, 6.07) is 7.47. The van der Waals surface area contributed by atoms with Crippen LogP contribution in [0.1, 0.15) is 19.4 Å². The summed E-state index contributed by atoms with van der Waals surface area (Å²) in [5.41, 5.74) is 0.876. The minimum Gasteiger partial charge on any atom is -0.491 e. The van der Waals surface area contributed by atoms with Crippen LogP contribution in [0.4, 0.5) is 4.79 Å². The Kier molecular flexibility index (Phi) is 4.17. The first-order valence-electron chi connectivity index (χ1n) is 5.19. The van der Waals surface area contributed by atoms with E-state index in [1.54, 1.807) is 0 Å². The normalized spacial score (nSPS) is 10.2. The third kappa shape index (κ3) is 3.46. The van der Waals surface area contributed by atoms with Gasteiger partial charge in [0.2, 0.25) is 0 Å². The van der Waals surface area contributed by atoms with Gasteiger partial charge in [0.25, 0.3) is 0 Å². The number of amides is 1. The number of carboxylic acid groups (broad SMARTS) is 1. The van der Waals surface area contributed by atoms with Gasteiger partial charge in [0.15, 0.2) is 0 Å². The molecule has 0 spiro atoms. The number of hydrogen-bond donors (Lipinski definition) is 1. The van der Waals surface area contributed by atoms with Crippen LogP contribution in [0.3, 0.4) is 0 Å². The van der Waals surface area contributed by atoms with Crippen LogP contribution in [0, 0.1) is 0 Å². The number of nitrogens with zero attached hydrogens (tertiary/aromatic N) is 1. The van der Waals surface area contributed by atoms with E-state index in [4.69, 9.17) is 9.84 Å². The number of ether oxygens (including phenoxy) is 1. The predicted octanol–water partition coefficient (Wildman–Crippen LogP) is 2.58. The molecule has 1 aromatic rings. The van der Waals surface area contributed by atoms with Crippen LogP contribution in [0.2, 0.25) is 0 Å². The Morgan fingerprint density at radius 2 is 2.06 bits per heavy atom. The Labute approximate surface area is 95.5 Å². The highest BCUT2D eigenvalue weighted by molar-refractivity contribution is 5.64. The molecule has 0 aliphatic carbocycles. The quantitative estimate of drug-likeness (QED) is 0.853. The molecule has 88 valence electrons. The summed E-state index contributed by atoms with van der Waals surface area (Å²) in [6.45, 7) is 4.22. The molecule has 1 N–H and O–H groups in total. The fraction of sp³-hybridized carbons (Fsp3) is 0.417. The van der Waals surface area contributed by atoms with Crippen LogP contribution in [-0.2, 0) is 6.54 Å². The minimum atomic E-state index is -0.945. The first-order valence-corrected chi connectivity index (χ1v) is 5.19. The molecule has 0 heterocycles. The summed E-state index contributed by atoms with van der Waals surface area (Å²) in [4.78, 5) is 11.9. The molecule has 0 aliphatic rings. The highest BCUT2D eigenvalue weighted by atomic mass is 16.5. The van der Waals surface area contributed by atoms with E-state index in [1.807, 2.05) is 38.1 Å². The van der Waals surface area contributed by atoms with Crippen LogP contribution < -0.4 is 4.74 Å². The van der Waals surface area contributed by atoms with Gasteiger partial charge in [-0.1, -0.05) is 18.2 Å². The lowest BCUT2D eigenvalue weighted by molar-refractivity contribution is 0.153. The smallest absolute Gasteiger partial charge is 0.407 e. The summed E-state index contributed by atoms with van der Waals surface area (Å²) in [5.74, 6) is 0.741. The first kappa shape index (κ1) is 12.4. The molecule has 0 fully saturated rings. The molecule has 0 radical (unpaired) electrons. The highest BCUT2D eigenvalue weighted by Gasteiger charge is 2.10. The van der Waals surface area contributed by atoms with Gasteiger partial charge in [0.05, 0.1) is 12.6 Å². The standard InChI is InChI=1S/C12H17NO3/c1-9(2)16-11-7-5-4-6-10(11)8-13(3)12(14)15/h4-7,9H,8H2,1-3H3,(H,14,15). The molecule has 0 unspecified atom stereocenters. The first-order chi connectivity index (χ1) is 7.50. The van der Waals surface area contributed by atoms with Crippen molar-refractivity contribution in [1.29, 1.82) is 0 Å². The van der Waals surface area contributed by atoms with Gasteiger partial charge in [0, 0.05) is 12.6 Å². The molecule has 1 amide bonds. The topological polar surface area (TPSA) is 49.8 Å². The molecule has 0 aromatic heterocycles. The lowest BCUT2D eigenvalue weighted by Gasteiger charge is -2.17. The lowest BCUT2D eigenvalue weighted by atomic mass is 10.2. The van der Waals surface area contributed by atoms with E-state index >= 15 is 0 Å². The fourth-order valence-electron chi connectivity index (χ4n) is 1.33. The maximum absolute atomic E-state index is 10.7. The second kappa shape index (κ2) is 5.39. The van der Waals surface area contributed by atoms with Crippen molar-refractivity contribution < 1.29 is 14.6 Å². The summed E-state index contributed by atoms with van der Waals surface area (Å²) in [6.07, 6.45) is -0.865. The lowest BCUT2D eigenvalue weighted by Crippen LogP contribution is -2.24. The second-order valence-corrected chi connectivity index (χ2v) is 3.91. The molecule has 0 aliphatic heterocycles. The Hall–Kier alpha value is -1.71. The largest absolute Gasteiger partial charge is 0.491 e. The maximum Gasteiger partial charge on any atom is 0.407 e. The van der Waals surface area contributed by atoms with E-state index in [0.717, 1.165) is 11.3 Å². The van der Waals surface area contributed by atoms with Gasteiger partial charge in [-0.05, 0) is 19.9 Å². The minimum absolute atomic E-state index is 0.0799. The Bertz CT molecular complexity index is 363. The zero-order chi connectivity index (χ0) is 12.1. The summed E-state index contributed by atoms with van der Waals surface area (Å²) in [7, 11) is 1.54. The monoisotopic (exact) mass is 223 g/mol. The third-order valence-electron chi connectivity index (χ3n) is 2.07. The van der Waals surface area contributed by atoms with Crippen molar-refractivity contribution >= 4 is 6.09 Å². The summed E-state index contributed by atoms with van der Waals surface area (Å²) >= 11 is 0. The van der Waals surface area contributed by atoms with Crippen molar-refractivity contribution in [3.8, 4) is 5.75 Å². The van der Waals surface area contributed by atoms with Crippen molar-refractivity contribution in [2.24, 2.45) is 0 Å². The van der Waals surface area contributed by atoms with Gasteiger partial charge in [-0.3, -0.25) is 0 Å². The molecular formula is C12H17NO3. The number of benzene rings is 1. The molecule has 0 saturated carbocycles. The van der Waals surface area contributed by atoms with Gasteiger partial charge < -0.3 is 14.7 Å². The van der Waals surface area contributed by atoms with Crippen molar-refractivity contribution in [2.75, 3.05) is 7.05 Å². The van der Waals surface area contributed by atoms with Crippen LogP contribution >= 0.6 is 0 Å². The predicted molar refractivity (Wildman–Crippen MR) is 61.7 cm³/mol. The Balaban J connectivity index is 2.82. The number of para-hydroxylation sites is 1. The molecule has 0 bridgehead atoms. The van der Waals surface area contributed by atoms with Crippen LogP contribution in [0.15, 0.2) is 24.3 Å². The van der Waals surface area contributed by atoms with Crippen LogP contribution in [0.25, 0.3) is 0 Å². The van der Waals surface area contributed by atoms with Crippen LogP contribution in [0.5, 0.6) is 5.75 Å². The molecule has 16 heavy (non-hydrogen) atoms. The van der Waals surface area contributed by atoms with Gasteiger partial charge in [-0.25, -0.2) is 4.79 Å². The molecule has 4 heteroatoms. The zero-order valence-corrected chi connectivity index (χ0v) is 9.80. The van der Waals surface area contributed by atoms with E-state index in [-0.39, 0.29) is 6.10 Å². The molecule has 0 saturated heterocycles. The third-order valence-corrected chi connectivity index (χ3v) is 2.07. The number of rotatable bonds is 4. The van der Waals surface area contributed by atoms with Crippen molar-refractivity contribution in [2.45, 2.75) is 26.5 Å². The van der Waals surface area contributed by atoms with E-state index in [9.17, 15) is 4.79 Å². The zero-order valence-electron chi connectivity index (χ0n) is 9.80. The molecule has 0 atom stereocenters. The second-order valence-electron chi connectivity index (χ2n) is 3.91.